The zero-order valence-corrected chi connectivity index (χ0v) is 22.5. The zero-order valence-electron chi connectivity index (χ0n) is 22.5. The maximum atomic E-state index is 12.9. The molecule has 1 saturated heterocycles. The predicted octanol–water partition coefficient (Wildman–Crippen LogP) is 6.51. The number of hydrogen-bond donors (Lipinski definition) is 2. The number of nitrogens with zero attached hydrogens (tertiary/aromatic N) is 2. The minimum absolute atomic E-state index is 0.0355. The third-order valence-electron chi connectivity index (χ3n) is 7.10. The standard InChI is InChI=1S/C33H31N3O5/c34-29(20-30(37)24-7-6-10-27(19-24)41-26-8-2-1-3-9-26)25-13-14-32(35-21-25)36-17-15-23(16-18-36)22-40-31-12-5-4-11-28(31)33(38)39/h1-14,19,21,23,34H,15-18,20,22H2,(H,38,39). The van der Waals surface area contributed by atoms with E-state index in [2.05, 4.69) is 9.88 Å². The van der Waals surface area contributed by atoms with Crippen LogP contribution in [0.3, 0.4) is 0 Å². The van der Waals surface area contributed by atoms with Gasteiger partial charge in [0.1, 0.15) is 28.6 Å². The molecule has 0 unspecified atom stereocenters. The first-order valence-corrected chi connectivity index (χ1v) is 13.6. The number of pyridine rings is 1. The van der Waals surface area contributed by atoms with Gasteiger partial charge in [-0.2, -0.15) is 0 Å². The van der Waals surface area contributed by atoms with E-state index in [1.165, 1.54) is 0 Å². The summed E-state index contributed by atoms with van der Waals surface area (Å²) in [7, 11) is 0. The summed E-state index contributed by atoms with van der Waals surface area (Å²) in [4.78, 5) is 31.1. The Kier molecular flexibility index (Phi) is 8.69. The van der Waals surface area contributed by atoms with Crippen molar-refractivity contribution in [2.24, 2.45) is 5.92 Å². The first kappa shape index (κ1) is 27.6. The number of carboxylic acid groups (broad SMARTS) is 1. The molecule has 2 N–H and O–H groups in total. The summed E-state index contributed by atoms with van der Waals surface area (Å²) in [5.74, 6) is 1.65. The molecular formula is C33H31N3O5. The number of carbonyl (C=O) groups excluding carboxylic acids is 1. The van der Waals surface area contributed by atoms with Gasteiger partial charge in [0.25, 0.3) is 0 Å². The van der Waals surface area contributed by atoms with E-state index in [0.717, 1.165) is 31.7 Å². The molecule has 0 spiro atoms. The maximum Gasteiger partial charge on any atom is 0.339 e. The van der Waals surface area contributed by atoms with Crippen molar-refractivity contribution in [3.05, 3.63) is 114 Å². The van der Waals surface area contributed by atoms with Crippen LogP contribution in [0.4, 0.5) is 5.82 Å². The second-order valence-corrected chi connectivity index (χ2v) is 9.97. The number of carbonyl (C=O) groups is 2. The number of nitrogens with one attached hydrogen (secondary N) is 1. The van der Waals surface area contributed by atoms with Crippen LogP contribution in [0.5, 0.6) is 17.2 Å². The van der Waals surface area contributed by atoms with Crippen molar-refractivity contribution in [1.29, 1.82) is 5.41 Å². The number of anilines is 1. The van der Waals surface area contributed by atoms with Crippen LogP contribution in [0.25, 0.3) is 0 Å². The summed E-state index contributed by atoms with van der Waals surface area (Å²) in [5.41, 5.74) is 1.48. The molecule has 0 bridgehead atoms. The molecule has 1 fully saturated rings. The zero-order chi connectivity index (χ0) is 28.6. The topological polar surface area (TPSA) is 113 Å². The van der Waals surface area contributed by atoms with Gasteiger partial charge < -0.3 is 24.9 Å². The van der Waals surface area contributed by atoms with Crippen LogP contribution in [0, 0.1) is 11.3 Å². The number of para-hydroxylation sites is 2. The van der Waals surface area contributed by atoms with Crippen LogP contribution in [-0.2, 0) is 0 Å². The lowest BCUT2D eigenvalue weighted by atomic mass is 9.97. The summed E-state index contributed by atoms with van der Waals surface area (Å²) < 4.78 is 11.7. The number of rotatable bonds is 11. The average Bonchev–Trinajstić information content (AvgIpc) is 3.01. The highest BCUT2D eigenvalue weighted by Crippen LogP contribution is 2.26. The van der Waals surface area contributed by atoms with E-state index in [-0.39, 0.29) is 23.5 Å². The van der Waals surface area contributed by atoms with Crippen LogP contribution in [0.2, 0.25) is 0 Å². The number of aromatic carboxylic acids is 1. The molecule has 5 rings (SSSR count). The minimum Gasteiger partial charge on any atom is -0.492 e. The number of ether oxygens (including phenoxy) is 2. The van der Waals surface area contributed by atoms with Gasteiger partial charge in [0, 0.05) is 36.1 Å². The van der Waals surface area contributed by atoms with Gasteiger partial charge in [-0.1, -0.05) is 42.5 Å². The fourth-order valence-electron chi connectivity index (χ4n) is 4.78. The van der Waals surface area contributed by atoms with Crippen LogP contribution >= 0.6 is 0 Å². The van der Waals surface area contributed by atoms with Crippen LogP contribution < -0.4 is 14.4 Å². The molecule has 0 aliphatic carbocycles. The lowest BCUT2D eigenvalue weighted by Gasteiger charge is -2.32. The quantitative estimate of drug-likeness (QED) is 0.162. The normalized spacial score (nSPS) is 13.4. The van der Waals surface area contributed by atoms with E-state index < -0.39 is 5.97 Å². The Morgan fingerprint density at radius 1 is 0.878 bits per heavy atom. The van der Waals surface area contributed by atoms with E-state index in [1.807, 2.05) is 42.5 Å². The average molecular weight is 550 g/mol. The van der Waals surface area contributed by atoms with E-state index >= 15 is 0 Å². The monoisotopic (exact) mass is 549 g/mol. The van der Waals surface area contributed by atoms with Crippen molar-refractivity contribution in [1.82, 2.24) is 4.98 Å². The fraction of sp³-hybridized carbons (Fsp3) is 0.212. The summed E-state index contributed by atoms with van der Waals surface area (Å²) in [6.45, 7) is 2.08. The molecule has 0 radical (unpaired) electrons. The van der Waals surface area contributed by atoms with E-state index in [9.17, 15) is 14.7 Å². The molecule has 41 heavy (non-hydrogen) atoms. The molecule has 4 aromatic rings. The minimum atomic E-state index is -0.995. The smallest absolute Gasteiger partial charge is 0.339 e. The summed E-state index contributed by atoms with van der Waals surface area (Å²) in [5, 5.41) is 17.8. The lowest BCUT2D eigenvalue weighted by molar-refractivity contribution is 0.0690. The van der Waals surface area contributed by atoms with Crippen molar-refractivity contribution in [2.45, 2.75) is 19.3 Å². The number of Topliss-reactive ketones (excluding diaryl/α,β-unsaturated/α-hetero) is 1. The summed E-state index contributed by atoms with van der Waals surface area (Å²) >= 11 is 0. The van der Waals surface area contributed by atoms with Gasteiger partial charge in [0.05, 0.1) is 13.0 Å². The van der Waals surface area contributed by atoms with Gasteiger partial charge in [-0.15, -0.1) is 0 Å². The highest BCUT2D eigenvalue weighted by atomic mass is 16.5. The largest absolute Gasteiger partial charge is 0.492 e. The first-order valence-electron chi connectivity index (χ1n) is 13.6. The number of benzene rings is 3. The molecular weight excluding hydrogens is 518 g/mol. The predicted molar refractivity (Wildman–Crippen MR) is 157 cm³/mol. The second-order valence-electron chi connectivity index (χ2n) is 9.97. The van der Waals surface area contributed by atoms with E-state index in [0.29, 0.717) is 40.9 Å². The molecule has 3 aromatic carbocycles. The van der Waals surface area contributed by atoms with Gasteiger partial charge in [-0.05, 0) is 67.3 Å². The molecule has 0 saturated carbocycles. The molecule has 0 amide bonds. The molecule has 2 heterocycles. The summed E-state index contributed by atoms with van der Waals surface area (Å²) in [6, 6.07) is 26.8. The first-order chi connectivity index (χ1) is 20.0. The van der Waals surface area contributed by atoms with Gasteiger partial charge in [-0.3, -0.25) is 4.79 Å². The molecule has 8 heteroatoms. The van der Waals surface area contributed by atoms with Gasteiger partial charge in [0.2, 0.25) is 0 Å². The molecule has 1 aromatic heterocycles. The van der Waals surface area contributed by atoms with Crippen molar-refractivity contribution in [2.75, 3.05) is 24.6 Å². The Balaban J connectivity index is 1.11. The second kappa shape index (κ2) is 12.9. The highest BCUT2D eigenvalue weighted by molar-refractivity contribution is 6.14. The van der Waals surface area contributed by atoms with Crippen molar-refractivity contribution >= 4 is 23.3 Å². The fourth-order valence-corrected chi connectivity index (χ4v) is 4.78. The number of hydrogen-bond acceptors (Lipinski definition) is 7. The van der Waals surface area contributed by atoms with E-state index in [1.54, 1.807) is 54.7 Å². The Hall–Kier alpha value is -4.98. The SMILES string of the molecule is N=C(CC(=O)c1cccc(Oc2ccccc2)c1)c1ccc(N2CCC(COc3ccccc3C(=O)O)CC2)nc1. The Morgan fingerprint density at radius 3 is 2.34 bits per heavy atom. The number of piperidine rings is 1. The van der Waals surface area contributed by atoms with Crippen LogP contribution in [0.1, 0.15) is 45.5 Å². The molecule has 208 valence electrons. The third kappa shape index (κ3) is 7.16. The Labute approximate surface area is 238 Å². The Morgan fingerprint density at radius 2 is 1.61 bits per heavy atom. The van der Waals surface area contributed by atoms with Crippen molar-refractivity contribution in [3.8, 4) is 17.2 Å². The van der Waals surface area contributed by atoms with Gasteiger partial charge >= 0.3 is 5.97 Å². The number of ketones is 1. The number of carboxylic acids is 1. The van der Waals surface area contributed by atoms with Gasteiger partial charge in [-0.25, -0.2) is 9.78 Å². The summed E-state index contributed by atoms with van der Waals surface area (Å²) in [6.07, 6.45) is 3.41. The van der Waals surface area contributed by atoms with Crippen molar-refractivity contribution < 1.29 is 24.2 Å². The van der Waals surface area contributed by atoms with Gasteiger partial charge in [0.15, 0.2) is 5.78 Å². The number of aromatic nitrogens is 1. The molecule has 0 atom stereocenters. The molecule has 1 aliphatic rings. The third-order valence-corrected chi connectivity index (χ3v) is 7.10. The molecule has 8 nitrogen and oxygen atoms in total. The Bertz CT molecular complexity index is 1510. The van der Waals surface area contributed by atoms with Crippen LogP contribution in [0.15, 0.2) is 97.2 Å². The maximum absolute atomic E-state index is 12.9. The molecule has 1 aliphatic heterocycles. The van der Waals surface area contributed by atoms with Crippen LogP contribution in [-0.4, -0.2) is 47.3 Å². The highest BCUT2D eigenvalue weighted by Gasteiger charge is 2.22. The lowest BCUT2D eigenvalue weighted by Crippen LogP contribution is -2.36. The van der Waals surface area contributed by atoms with Crippen molar-refractivity contribution in [3.63, 3.8) is 0 Å². The van der Waals surface area contributed by atoms with E-state index in [4.69, 9.17) is 14.9 Å².